The summed E-state index contributed by atoms with van der Waals surface area (Å²) >= 11 is 0. The molecule has 0 N–H and O–H groups in total. The van der Waals surface area contributed by atoms with E-state index in [2.05, 4.69) is 52.0 Å². The van der Waals surface area contributed by atoms with Crippen LogP contribution in [-0.4, -0.2) is 0 Å². The third kappa shape index (κ3) is 5.96. The zero-order valence-electron chi connectivity index (χ0n) is 8.72. The smallest absolute Gasteiger partial charge is 0.0301 e. The van der Waals surface area contributed by atoms with Crippen LogP contribution in [0, 0.1) is 0 Å². The van der Waals surface area contributed by atoms with Gasteiger partial charge in [0.2, 0.25) is 0 Å². The van der Waals surface area contributed by atoms with Crippen LogP contribution in [0.4, 0.5) is 0 Å². The maximum absolute atomic E-state index is 2.25. The maximum Gasteiger partial charge on any atom is -0.0301 e. The van der Waals surface area contributed by atoms with E-state index in [1.165, 1.54) is 11.1 Å². The minimum Gasteiger partial charge on any atom is -0.0842 e. The molecule has 0 aromatic heterocycles. The third-order valence-corrected chi connectivity index (χ3v) is 1.44. The van der Waals surface area contributed by atoms with Crippen LogP contribution in [0.15, 0.2) is 35.5 Å². The molecule has 0 aliphatic carbocycles. The Hall–Kier alpha value is -0.780. The Morgan fingerprint density at radius 1 is 1.08 bits per heavy atom. The lowest BCUT2D eigenvalue weighted by Gasteiger charge is -1.94. The van der Waals surface area contributed by atoms with Gasteiger partial charge < -0.3 is 0 Å². The quantitative estimate of drug-likeness (QED) is 0.545. The first-order valence-electron chi connectivity index (χ1n) is 4.72. The molecule has 0 aliphatic rings. The number of allylic oxidation sites excluding steroid dienone is 6. The Balaban J connectivity index is 4.35. The van der Waals surface area contributed by atoms with Gasteiger partial charge in [0.1, 0.15) is 0 Å². The zero-order chi connectivity index (χ0) is 9.40. The lowest BCUT2D eigenvalue weighted by atomic mass is 10.1. The summed E-state index contributed by atoms with van der Waals surface area (Å²) in [6, 6.07) is 0. The molecule has 0 saturated carbocycles. The predicted molar refractivity (Wildman–Crippen MR) is 57.2 cm³/mol. The molecule has 0 bridgehead atoms. The number of rotatable bonds is 4. The molecular weight excluding hydrogens is 144 g/mol. The van der Waals surface area contributed by atoms with Crippen molar-refractivity contribution in [2.24, 2.45) is 0 Å². The molecule has 68 valence electrons. The molecule has 0 saturated heterocycles. The van der Waals surface area contributed by atoms with Crippen molar-refractivity contribution in [1.29, 1.82) is 0 Å². The van der Waals surface area contributed by atoms with Crippen molar-refractivity contribution < 1.29 is 0 Å². The minimum atomic E-state index is 1.10. The Labute approximate surface area is 76.7 Å². The van der Waals surface area contributed by atoms with E-state index in [0.717, 1.165) is 12.8 Å². The second-order valence-corrected chi connectivity index (χ2v) is 3.14. The van der Waals surface area contributed by atoms with Crippen LogP contribution in [0.2, 0.25) is 0 Å². The van der Waals surface area contributed by atoms with Crippen molar-refractivity contribution >= 4 is 0 Å². The van der Waals surface area contributed by atoms with Gasteiger partial charge >= 0.3 is 0 Å². The highest BCUT2D eigenvalue weighted by Gasteiger charge is 1.85. The molecule has 0 rings (SSSR count). The molecule has 0 spiro atoms. The molecule has 0 radical (unpaired) electrons. The first kappa shape index (κ1) is 11.2. The van der Waals surface area contributed by atoms with Gasteiger partial charge in [-0.05, 0) is 32.3 Å². The molecule has 0 aliphatic heterocycles. The van der Waals surface area contributed by atoms with Gasteiger partial charge in [0.25, 0.3) is 0 Å². The Morgan fingerprint density at radius 2 is 1.75 bits per heavy atom. The molecule has 0 nitrogen and oxygen atoms in total. The fourth-order valence-corrected chi connectivity index (χ4v) is 0.998. The van der Waals surface area contributed by atoms with Crippen LogP contribution >= 0.6 is 0 Å². The summed E-state index contributed by atoms with van der Waals surface area (Å²) in [7, 11) is 0. The van der Waals surface area contributed by atoms with Gasteiger partial charge in [-0.2, -0.15) is 0 Å². The summed E-state index contributed by atoms with van der Waals surface area (Å²) in [5.74, 6) is 0. The lowest BCUT2D eigenvalue weighted by molar-refractivity contribution is 1.19. The van der Waals surface area contributed by atoms with Gasteiger partial charge in [-0.3, -0.25) is 0 Å². The molecule has 0 atom stereocenters. The SMILES string of the molecule is CC/C=C\C(C=C(C)C)=C/CC. The first-order chi connectivity index (χ1) is 5.70. The van der Waals surface area contributed by atoms with Gasteiger partial charge in [0.15, 0.2) is 0 Å². The van der Waals surface area contributed by atoms with Gasteiger partial charge in [0, 0.05) is 0 Å². The lowest BCUT2D eigenvalue weighted by Crippen LogP contribution is -1.74. The standard InChI is InChI=1S/C12H20/c1-5-7-9-12(8-6-2)10-11(3)4/h7-10H,5-6H2,1-4H3/b9-7-,12-8+. The molecule has 0 heterocycles. The first-order valence-corrected chi connectivity index (χ1v) is 4.72. The van der Waals surface area contributed by atoms with Crippen molar-refractivity contribution in [2.75, 3.05) is 0 Å². The van der Waals surface area contributed by atoms with E-state index in [0.29, 0.717) is 0 Å². The predicted octanol–water partition coefficient (Wildman–Crippen LogP) is 4.26. The van der Waals surface area contributed by atoms with Gasteiger partial charge in [0.05, 0.1) is 0 Å². The monoisotopic (exact) mass is 164 g/mol. The summed E-state index contributed by atoms with van der Waals surface area (Å²) in [6.45, 7) is 8.58. The topological polar surface area (TPSA) is 0 Å². The molecule has 0 unspecified atom stereocenters. The average Bonchev–Trinajstić information content (AvgIpc) is 2.00. The molecule has 0 aromatic carbocycles. The van der Waals surface area contributed by atoms with Gasteiger partial charge in [-0.1, -0.05) is 43.7 Å². The summed E-state index contributed by atoms with van der Waals surface area (Å²) in [4.78, 5) is 0. The van der Waals surface area contributed by atoms with Crippen molar-refractivity contribution in [2.45, 2.75) is 40.5 Å². The van der Waals surface area contributed by atoms with E-state index in [-0.39, 0.29) is 0 Å². The second kappa shape index (κ2) is 6.90. The Morgan fingerprint density at radius 3 is 2.17 bits per heavy atom. The van der Waals surface area contributed by atoms with Crippen LogP contribution in [0.5, 0.6) is 0 Å². The second-order valence-electron chi connectivity index (χ2n) is 3.14. The fourth-order valence-electron chi connectivity index (χ4n) is 0.998. The van der Waals surface area contributed by atoms with Crippen LogP contribution in [-0.2, 0) is 0 Å². The van der Waals surface area contributed by atoms with Crippen molar-refractivity contribution in [3.05, 3.63) is 35.5 Å². The summed E-state index contributed by atoms with van der Waals surface area (Å²) in [5, 5.41) is 0. The molecule has 0 aromatic rings. The highest BCUT2D eigenvalue weighted by atomic mass is 13.9. The molecular formula is C12H20. The van der Waals surface area contributed by atoms with E-state index in [1.807, 2.05) is 0 Å². The van der Waals surface area contributed by atoms with E-state index in [9.17, 15) is 0 Å². The third-order valence-electron chi connectivity index (χ3n) is 1.44. The Kier molecular flexibility index (Phi) is 6.45. The largest absolute Gasteiger partial charge is 0.0842 e. The van der Waals surface area contributed by atoms with Gasteiger partial charge in [-0.15, -0.1) is 0 Å². The molecule has 0 fully saturated rings. The summed E-state index contributed by atoms with van der Waals surface area (Å²) in [6.07, 6.45) is 11.1. The van der Waals surface area contributed by atoms with Crippen LogP contribution in [0.3, 0.4) is 0 Å². The number of hydrogen-bond acceptors (Lipinski definition) is 0. The molecule has 12 heavy (non-hydrogen) atoms. The van der Waals surface area contributed by atoms with Crippen molar-refractivity contribution in [3.8, 4) is 0 Å². The number of hydrogen-bond donors (Lipinski definition) is 0. The summed E-state index contributed by atoms with van der Waals surface area (Å²) < 4.78 is 0. The van der Waals surface area contributed by atoms with E-state index < -0.39 is 0 Å². The highest BCUT2D eigenvalue weighted by molar-refractivity contribution is 5.32. The summed E-state index contributed by atoms with van der Waals surface area (Å²) in [5.41, 5.74) is 2.69. The normalized spacial score (nSPS) is 12.2. The average molecular weight is 164 g/mol. The van der Waals surface area contributed by atoms with E-state index >= 15 is 0 Å². The Bertz CT molecular complexity index is 188. The zero-order valence-corrected chi connectivity index (χ0v) is 8.72. The minimum absolute atomic E-state index is 1.10. The van der Waals surface area contributed by atoms with E-state index in [4.69, 9.17) is 0 Å². The van der Waals surface area contributed by atoms with Crippen molar-refractivity contribution in [3.63, 3.8) is 0 Å². The maximum atomic E-state index is 2.25. The van der Waals surface area contributed by atoms with Crippen LogP contribution in [0.25, 0.3) is 0 Å². The fraction of sp³-hybridized carbons (Fsp3) is 0.500. The van der Waals surface area contributed by atoms with Gasteiger partial charge in [-0.25, -0.2) is 0 Å². The molecule has 0 heteroatoms. The van der Waals surface area contributed by atoms with Crippen LogP contribution < -0.4 is 0 Å². The highest BCUT2D eigenvalue weighted by Crippen LogP contribution is 2.05. The van der Waals surface area contributed by atoms with Crippen molar-refractivity contribution in [1.82, 2.24) is 0 Å². The van der Waals surface area contributed by atoms with Crippen LogP contribution in [0.1, 0.15) is 40.5 Å². The molecule has 0 amide bonds. The van der Waals surface area contributed by atoms with E-state index in [1.54, 1.807) is 0 Å².